The molecule has 0 aliphatic carbocycles. The monoisotopic (exact) mass is 279 g/mol. The number of carbonyl (C=O) groups is 1. The van der Waals surface area contributed by atoms with Crippen LogP contribution < -0.4 is 4.74 Å². The molecule has 0 bridgehead atoms. The van der Waals surface area contributed by atoms with Gasteiger partial charge in [0, 0.05) is 19.1 Å². The number of benzene rings is 1. The second-order valence-corrected chi connectivity index (χ2v) is 5.14. The molecule has 1 fully saturated rings. The molecule has 1 N–H and O–H groups in total. The van der Waals surface area contributed by atoms with Gasteiger partial charge in [-0.25, -0.2) is 4.79 Å². The summed E-state index contributed by atoms with van der Waals surface area (Å²) in [5, 5.41) is 9.08. The highest BCUT2D eigenvalue weighted by Gasteiger charge is 2.23. The summed E-state index contributed by atoms with van der Waals surface area (Å²) < 4.78 is 11.2. The molecular weight excluding hydrogens is 258 g/mol. The summed E-state index contributed by atoms with van der Waals surface area (Å²) in [6.45, 7) is 7.03. The molecule has 1 aromatic rings. The van der Waals surface area contributed by atoms with E-state index in [4.69, 9.17) is 14.6 Å². The molecular formula is C15H21NO4. The summed E-state index contributed by atoms with van der Waals surface area (Å²) >= 11 is 0. The first-order valence-electron chi connectivity index (χ1n) is 6.88. The van der Waals surface area contributed by atoms with Crippen molar-refractivity contribution in [1.29, 1.82) is 0 Å². The summed E-state index contributed by atoms with van der Waals surface area (Å²) in [6, 6.07) is 7.08. The van der Waals surface area contributed by atoms with E-state index in [0.29, 0.717) is 18.4 Å². The Balaban J connectivity index is 1.88. The van der Waals surface area contributed by atoms with Crippen LogP contribution in [-0.2, 0) is 4.74 Å². The minimum absolute atomic E-state index is 0.205. The van der Waals surface area contributed by atoms with Crippen molar-refractivity contribution in [1.82, 2.24) is 4.90 Å². The van der Waals surface area contributed by atoms with Gasteiger partial charge in [0.25, 0.3) is 0 Å². The zero-order valence-electron chi connectivity index (χ0n) is 11.9. The van der Waals surface area contributed by atoms with Gasteiger partial charge in [0.1, 0.15) is 17.9 Å². The topological polar surface area (TPSA) is 59.0 Å². The molecule has 0 amide bonds. The van der Waals surface area contributed by atoms with E-state index in [9.17, 15) is 4.79 Å². The Morgan fingerprint density at radius 1 is 1.45 bits per heavy atom. The SMILES string of the molecule is C[C@@H]1CO[C@@H](C)CN1CCOc1ccccc1C(=O)O. The minimum atomic E-state index is -0.964. The van der Waals surface area contributed by atoms with Gasteiger partial charge in [-0.15, -0.1) is 0 Å². The van der Waals surface area contributed by atoms with Crippen LogP contribution in [0.5, 0.6) is 5.75 Å². The van der Waals surface area contributed by atoms with Crippen molar-refractivity contribution in [3.8, 4) is 5.75 Å². The Labute approximate surface area is 119 Å². The van der Waals surface area contributed by atoms with Crippen LogP contribution in [0.1, 0.15) is 24.2 Å². The lowest BCUT2D eigenvalue weighted by atomic mass is 10.2. The van der Waals surface area contributed by atoms with Gasteiger partial charge in [-0.2, -0.15) is 0 Å². The maximum absolute atomic E-state index is 11.1. The maximum atomic E-state index is 11.1. The number of carboxylic acids is 1. The molecule has 1 aliphatic heterocycles. The van der Waals surface area contributed by atoms with Crippen molar-refractivity contribution in [2.45, 2.75) is 26.0 Å². The van der Waals surface area contributed by atoms with Gasteiger partial charge >= 0.3 is 5.97 Å². The molecule has 1 aliphatic rings. The number of aromatic carboxylic acids is 1. The summed E-state index contributed by atoms with van der Waals surface area (Å²) in [4.78, 5) is 13.4. The Morgan fingerprint density at radius 3 is 2.95 bits per heavy atom. The van der Waals surface area contributed by atoms with Crippen molar-refractivity contribution in [3.63, 3.8) is 0 Å². The van der Waals surface area contributed by atoms with Crippen molar-refractivity contribution >= 4 is 5.97 Å². The predicted octanol–water partition coefficient (Wildman–Crippen LogP) is 1.87. The second-order valence-electron chi connectivity index (χ2n) is 5.14. The number of morpholine rings is 1. The van der Waals surface area contributed by atoms with Gasteiger partial charge in [0.15, 0.2) is 0 Å². The molecule has 1 saturated heterocycles. The van der Waals surface area contributed by atoms with Crippen molar-refractivity contribution in [2.75, 3.05) is 26.3 Å². The van der Waals surface area contributed by atoms with Crippen LogP contribution in [0.15, 0.2) is 24.3 Å². The highest BCUT2D eigenvalue weighted by Crippen LogP contribution is 2.18. The molecule has 110 valence electrons. The number of rotatable bonds is 5. The van der Waals surface area contributed by atoms with Gasteiger partial charge in [0.05, 0.1) is 12.7 Å². The molecule has 1 heterocycles. The first kappa shape index (κ1) is 14.8. The predicted molar refractivity (Wildman–Crippen MR) is 75.3 cm³/mol. The van der Waals surface area contributed by atoms with E-state index >= 15 is 0 Å². The summed E-state index contributed by atoms with van der Waals surface area (Å²) in [6.07, 6.45) is 0.234. The summed E-state index contributed by atoms with van der Waals surface area (Å²) in [5.41, 5.74) is 0.205. The number of carboxylic acid groups (broad SMARTS) is 1. The van der Waals surface area contributed by atoms with Crippen LogP contribution in [0.4, 0.5) is 0 Å². The number of ether oxygens (including phenoxy) is 2. The molecule has 5 nitrogen and oxygen atoms in total. The van der Waals surface area contributed by atoms with E-state index in [-0.39, 0.29) is 11.7 Å². The zero-order chi connectivity index (χ0) is 14.5. The molecule has 0 saturated carbocycles. The Hall–Kier alpha value is -1.59. The number of nitrogens with zero attached hydrogens (tertiary/aromatic N) is 1. The van der Waals surface area contributed by atoms with Crippen LogP contribution in [0.2, 0.25) is 0 Å². The molecule has 0 spiro atoms. The standard InChI is InChI=1S/C15H21NO4/c1-11-10-20-12(2)9-16(11)7-8-19-14-6-4-3-5-13(14)15(17)18/h3-6,11-12H,7-10H2,1-2H3,(H,17,18)/t11-,12+/m1/s1. The Kier molecular flexibility index (Phi) is 4.98. The third-order valence-electron chi connectivity index (χ3n) is 3.49. The molecule has 0 aromatic heterocycles. The second kappa shape index (κ2) is 6.72. The first-order valence-corrected chi connectivity index (χ1v) is 6.88. The Morgan fingerprint density at radius 2 is 2.20 bits per heavy atom. The van der Waals surface area contributed by atoms with Gasteiger partial charge < -0.3 is 14.6 Å². The lowest BCUT2D eigenvalue weighted by molar-refractivity contribution is -0.0522. The van der Waals surface area contributed by atoms with E-state index < -0.39 is 5.97 Å². The fourth-order valence-corrected chi connectivity index (χ4v) is 2.33. The van der Waals surface area contributed by atoms with Crippen molar-refractivity contribution in [2.24, 2.45) is 0 Å². The van der Waals surface area contributed by atoms with Crippen LogP contribution in [0, 0.1) is 0 Å². The average molecular weight is 279 g/mol. The molecule has 20 heavy (non-hydrogen) atoms. The third-order valence-corrected chi connectivity index (χ3v) is 3.49. The highest BCUT2D eigenvalue weighted by atomic mass is 16.5. The summed E-state index contributed by atoms with van der Waals surface area (Å²) in [5.74, 6) is -0.539. The van der Waals surface area contributed by atoms with E-state index in [1.807, 2.05) is 0 Å². The van der Waals surface area contributed by atoms with E-state index in [0.717, 1.165) is 19.7 Å². The lowest BCUT2D eigenvalue weighted by Crippen LogP contribution is -2.48. The van der Waals surface area contributed by atoms with Crippen molar-refractivity contribution < 1.29 is 19.4 Å². The highest BCUT2D eigenvalue weighted by molar-refractivity contribution is 5.90. The molecule has 5 heteroatoms. The fraction of sp³-hybridized carbons (Fsp3) is 0.533. The van der Waals surface area contributed by atoms with Crippen LogP contribution in [0.3, 0.4) is 0 Å². The van der Waals surface area contributed by atoms with Gasteiger partial charge in [-0.1, -0.05) is 12.1 Å². The normalized spacial score (nSPS) is 23.5. The number of hydrogen-bond donors (Lipinski definition) is 1. The quantitative estimate of drug-likeness (QED) is 0.891. The van der Waals surface area contributed by atoms with Gasteiger partial charge in [0.2, 0.25) is 0 Å². The zero-order valence-corrected chi connectivity index (χ0v) is 11.9. The van der Waals surface area contributed by atoms with Crippen molar-refractivity contribution in [3.05, 3.63) is 29.8 Å². The van der Waals surface area contributed by atoms with E-state index in [1.165, 1.54) is 0 Å². The Bertz CT molecular complexity index is 463. The smallest absolute Gasteiger partial charge is 0.339 e. The average Bonchev–Trinajstić information content (AvgIpc) is 2.43. The lowest BCUT2D eigenvalue weighted by Gasteiger charge is -2.36. The number of para-hydroxylation sites is 1. The summed E-state index contributed by atoms with van der Waals surface area (Å²) in [7, 11) is 0. The van der Waals surface area contributed by atoms with Gasteiger partial charge in [-0.3, -0.25) is 4.90 Å². The van der Waals surface area contributed by atoms with Crippen LogP contribution in [-0.4, -0.2) is 54.4 Å². The molecule has 2 rings (SSSR count). The van der Waals surface area contributed by atoms with E-state index in [2.05, 4.69) is 18.7 Å². The van der Waals surface area contributed by atoms with Crippen LogP contribution in [0.25, 0.3) is 0 Å². The molecule has 0 unspecified atom stereocenters. The third kappa shape index (κ3) is 3.71. The maximum Gasteiger partial charge on any atom is 0.339 e. The fourth-order valence-electron chi connectivity index (χ4n) is 2.33. The van der Waals surface area contributed by atoms with E-state index in [1.54, 1.807) is 24.3 Å². The van der Waals surface area contributed by atoms with Gasteiger partial charge in [-0.05, 0) is 26.0 Å². The molecule has 0 radical (unpaired) electrons. The number of hydrogen-bond acceptors (Lipinski definition) is 4. The molecule has 2 atom stereocenters. The van der Waals surface area contributed by atoms with Crippen LogP contribution >= 0.6 is 0 Å². The minimum Gasteiger partial charge on any atom is -0.491 e. The first-order chi connectivity index (χ1) is 9.58. The molecule has 1 aromatic carbocycles. The largest absolute Gasteiger partial charge is 0.491 e.